The molecule has 1 amide bonds. The molecule has 1 aliphatic carbocycles. The molecule has 0 radical (unpaired) electrons. The predicted octanol–water partition coefficient (Wildman–Crippen LogP) is 3.49. The number of aromatic nitrogens is 2. The Labute approximate surface area is 206 Å². The maximum absolute atomic E-state index is 13.2. The van der Waals surface area contributed by atoms with Crippen molar-refractivity contribution in [3.05, 3.63) is 72.3 Å². The van der Waals surface area contributed by atoms with Gasteiger partial charge < -0.3 is 14.6 Å². The average Bonchev–Trinajstić information content (AvgIpc) is 3.57. The Morgan fingerprint density at radius 1 is 1.09 bits per heavy atom. The second-order valence-corrected chi connectivity index (χ2v) is 11.0. The molecule has 35 heavy (non-hydrogen) atoms. The first kappa shape index (κ1) is 23.6. The molecule has 2 heterocycles. The maximum atomic E-state index is 13.2. The van der Waals surface area contributed by atoms with E-state index in [-0.39, 0.29) is 11.8 Å². The normalized spacial score (nSPS) is 16.7. The monoisotopic (exact) mass is 494 g/mol. The molecule has 9 heteroatoms. The zero-order chi connectivity index (χ0) is 24.3. The summed E-state index contributed by atoms with van der Waals surface area (Å²) in [5.41, 5.74) is 3.02. The molecule has 0 spiro atoms. The lowest BCUT2D eigenvalue weighted by Gasteiger charge is -2.30. The van der Waals surface area contributed by atoms with Crippen molar-refractivity contribution in [3.63, 3.8) is 0 Å². The van der Waals surface area contributed by atoms with Crippen molar-refractivity contribution in [2.24, 2.45) is 5.92 Å². The quantitative estimate of drug-likeness (QED) is 0.517. The highest BCUT2D eigenvalue weighted by Crippen LogP contribution is 2.30. The Kier molecular flexibility index (Phi) is 6.88. The molecule has 2 aromatic carbocycles. The fourth-order valence-electron chi connectivity index (χ4n) is 4.83. The number of aryl methyl sites for hydroxylation is 2. The molecule has 1 N–H and O–H groups in total. The van der Waals surface area contributed by atoms with E-state index in [0.717, 1.165) is 24.8 Å². The molecule has 5 rings (SSSR count). The number of anilines is 1. The van der Waals surface area contributed by atoms with Crippen LogP contribution in [0.4, 0.5) is 5.69 Å². The standard InChI is InChI=1S/C26H30N4O4S/c31-26(28-24-6-1-2-7-25(24)34-17-16-29-15-12-27-19-29)21-10-13-30(14-11-21)35(32,33)23-9-8-20-4-3-5-22(20)18-23/h1-2,6-9,12,15,18-19,21H,3-5,10-11,13-14,16-17H2,(H,28,31). The van der Waals surface area contributed by atoms with Gasteiger partial charge >= 0.3 is 0 Å². The lowest BCUT2D eigenvalue weighted by Crippen LogP contribution is -2.41. The van der Waals surface area contributed by atoms with E-state index in [0.29, 0.717) is 55.4 Å². The Hall–Kier alpha value is -3.17. The first-order chi connectivity index (χ1) is 17.0. The molecular formula is C26H30N4O4S. The van der Waals surface area contributed by atoms with Crippen LogP contribution in [0.15, 0.2) is 66.1 Å². The number of sulfonamides is 1. The molecular weight excluding hydrogens is 464 g/mol. The van der Waals surface area contributed by atoms with Crippen molar-refractivity contribution < 1.29 is 17.9 Å². The topological polar surface area (TPSA) is 93.5 Å². The predicted molar refractivity (Wildman–Crippen MR) is 133 cm³/mol. The van der Waals surface area contributed by atoms with E-state index in [1.54, 1.807) is 18.6 Å². The molecule has 0 atom stereocenters. The van der Waals surface area contributed by atoms with Crippen LogP contribution in [-0.2, 0) is 34.2 Å². The molecule has 0 unspecified atom stereocenters. The molecule has 8 nitrogen and oxygen atoms in total. The van der Waals surface area contributed by atoms with Gasteiger partial charge in [0.15, 0.2) is 0 Å². The first-order valence-electron chi connectivity index (χ1n) is 12.1. The minimum atomic E-state index is -3.55. The van der Waals surface area contributed by atoms with Gasteiger partial charge in [0.25, 0.3) is 0 Å². The summed E-state index contributed by atoms with van der Waals surface area (Å²) in [5.74, 6) is 0.253. The lowest BCUT2D eigenvalue weighted by atomic mass is 9.97. The first-order valence-corrected chi connectivity index (χ1v) is 13.5. The number of imidazole rings is 1. The number of rotatable bonds is 8. The number of para-hydroxylation sites is 2. The van der Waals surface area contributed by atoms with Gasteiger partial charge in [-0.25, -0.2) is 13.4 Å². The van der Waals surface area contributed by atoms with Crippen LogP contribution in [-0.4, -0.2) is 47.9 Å². The van der Waals surface area contributed by atoms with Gasteiger partial charge in [0, 0.05) is 31.4 Å². The van der Waals surface area contributed by atoms with E-state index in [1.807, 2.05) is 47.2 Å². The highest BCUT2D eigenvalue weighted by molar-refractivity contribution is 7.89. The third-order valence-corrected chi connectivity index (χ3v) is 8.74. The molecule has 3 aromatic rings. The maximum Gasteiger partial charge on any atom is 0.243 e. The summed E-state index contributed by atoms with van der Waals surface area (Å²) in [4.78, 5) is 17.4. The van der Waals surface area contributed by atoms with Crippen LogP contribution in [0.25, 0.3) is 0 Å². The number of ether oxygens (including phenoxy) is 1. The Morgan fingerprint density at radius 2 is 1.89 bits per heavy atom. The molecule has 0 saturated carbocycles. The number of piperidine rings is 1. The van der Waals surface area contributed by atoms with Gasteiger partial charge in [-0.1, -0.05) is 18.2 Å². The van der Waals surface area contributed by atoms with Gasteiger partial charge in [0.1, 0.15) is 12.4 Å². The second-order valence-electron chi connectivity index (χ2n) is 9.10. The van der Waals surface area contributed by atoms with Gasteiger partial charge in [-0.2, -0.15) is 4.31 Å². The van der Waals surface area contributed by atoms with E-state index < -0.39 is 10.0 Å². The summed E-state index contributed by atoms with van der Waals surface area (Å²) >= 11 is 0. The number of nitrogens with zero attached hydrogens (tertiary/aromatic N) is 3. The van der Waals surface area contributed by atoms with E-state index >= 15 is 0 Å². The summed E-state index contributed by atoms with van der Waals surface area (Å²) in [6.45, 7) is 1.77. The van der Waals surface area contributed by atoms with Gasteiger partial charge in [0.05, 0.1) is 23.5 Å². The van der Waals surface area contributed by atoms with Crippen LogP contribution in [0.3, 0.4) is 0 Å². The highest BCUT2D eigenvalue weighted by atomic mass is 32.2. The largest absolute Gasteiger partial charge is 0.490 e. The van der Waals surface area contributed by atoms with Gasteiger partial charge in [-0.15, -0.1) is 0 Å². The minimum absolute atomic E-state index is 0.106. The van der Waals surface area contributed by atoms with Crippen LogP contribution >= 0.6 is 0 Å². The molecule has 1 fully saturated rings. The van der Waals surface area contributed by atoms with Crippen LogP contribution in [0.2, 0.25) is 0 Å². The second kappa shape index (κ2) is 10.2. The van der Waals surface area contributed by atoms with Crippen molar-refractivity contribution in [3.8, 4) is 5.75 Å². The van der Waals surface area contributed by atoms with Crippen LogP contribution < -0.4 is 10.1 Å². The molecule has 2 aliphatic rings. The number of carbonyl (C=O) groups is 1. The third-order valence-electron chi connectivity index (χ3n) is 6.84. The van der Waals surface area contributed by atoms with Crippen molar-refractivity contribution in [2.75, 3.05) is 25.0 Å². The van der Waals surface area contributed by atoms with Crippen molar-refractivity contribution >= 4 is 21.6 Å². The Bertz CT molecular complexity index is 1280. The van der Waals surface area contributed by atoms with Crippen molar-refractivity contribution in [2.45, 2.75) is 43.5 Å². The SMILES string of the molecule is O=C(Nc1ccccc1OCCn1ccnc1)C1CCN(S(=O)(=O)c2ccc3c(c2)CCC3)CC1. The lowest BCUT2D eigenvalue weighted by molar-refractivity contribution is -0.120. The fraction of sp³-hybridized carbons (Fsp3) is 0.385. The Balaban J connectivity index is 1.17. The molecule has 1 aliphatic heterocycles. The summed E-state index contributed by atoms with van der Waals surface area (Å²) < 4.78 is 35.7. The smallest absolute Gasteiger partial charge is 0.243 e. The zero-order valence-electron chi connectivity index (χ0n) is 19.6. The van der Waals surface area contributed by atoms with Crippen molar-refractivity contribution in [1.29, 1.82) is 0 Å². The third kappa shape index (κ3) is 5.26. The molecule has 1 aromatic heterocycles. The number of fused-ring (bicyclic) bond motifs is 1. The summed E-state index contributed by atoms with van der Waals surface area (Å²) in [5, 5.41) is 2.99. The number of hydrogen-bond donors (Lipinski definition) is 1. The van der Waals surface area contributed by atoms with Gasteiger partial charge in [-0.3, -0.25) is 4.79 Å². The molecule has 184 valence electrons. The van der Waals surface area contributed by atoms with Gasteiger partial charge in [0.2, 0.25) is 15.9 Å². The summed E-state index contributed by atoms with van der Waals surface area (Å²) in [6.07, 6.45) is 9.33. The summed E-state index contributed by atoms with van der Waals surface area (Å²) in [6, 6.07) is 12.9. The summed E-state index contributed by atoms with van der Waals surface area (Å²) in [7, 11) is -3.55. The minimum Gasteiger partial charge on any atom is -0.490 e. The Morgan fingerprint density at radius 3 is 2.69 bits per heavy atom. The van der Waals surface area contributed by atoms with Crippen LogP contribution in [0.5, 0.6) is 5.75 Å². The number of hydrogen-bond acceptors (Lipinski definition) is 5. The average molecular weight is 495 g/mol. The van der Waals surface area contributed by atoms with Crippen molar-refractivity contribution in [1.82, 2.24) is 13.9 Å². The number of amides is 1. The van der Waals surface area contributed by atoms with Gasteiger partial charge in [-0.05, 0) is 67.5 Å². The number of benzene rings is 2. The number of carbonyl (C=O) groups excluding carboxylic acids is 1. The highest BCUT2D eigenvalue weighted by Gasteiger charge is 2.33. The van der Waals surface area contributed by atoms with Crippen LogP contribution in [0.1, 0.15) is 30.4 Å². The van der Waals surface area contributed by atoms with E-state index in [9.17, 15) is 13.2 Å². The fourth-order valence-corrected chi connectivity index (χ4v) is 6.35. The van der Waals surface area contributed by atoms with Crippen LogP contribution in [0, 0.1) is 5.92 Å². The van der Waals surface area contributed by atoms with E-state index in [1.165, 1.54) is 9.87 Å². The number of nitrogens with one attached hydrogen (secondary N) is 1. The zero-order valence-corrected chi connectivity index (χ0v) is 20.4. The molecule has 0 bridgehead atoms. The molecule has 1 saturated heterocycles. The van der Waals surface area contributed by atoms with E-state index in [4.69, 9.17) is 4.74 Å². The van der Waals surface area contributed by atoms with E-state index in [2.05, 4.69) is 10.3 Å².